The molecule has 0 aromatic heterocycles. The summed E-state index contributed by atoms with van der Waals surface area (Å²) >= 11 is 0. The van der Waals surface area contributed by atoms with Gasteiger partial charge in [-0.05, 0) is 31.0 Å². The number of hydrogen-bond donors (Lipinski definition) is 1. The van der Waals surface area contributed by atoms with Crippen LogP contribution in [-0.4, -0.2) is 36.5 Å². The molecule has 5 heteroatoms. The van der Waals surface area contributed by atoms with E-state index in [1.165, 1.54) is 0 Å². The third kappa shape index (κ3) is 4.76. The molecule has 112 valence electrons. The van der Waals surface area contributed by atoms with Crippen molar-refractivity contribution in [1.82, 2.24) is 10.2 Å². The average molecular weight is 287 g/mol. The van der Waals surface area contributed by atoms with E-state index in [9.17, 15) is 4.79 Å². The Bertz CT molecular complexity index is 507. The fourth-order valence-corrected chi connectivity index (χ4v) is 2.40. The third-order valence-electron chi connectivity index (χ3n) is 3.55. The Morgan fingerprint density at radius 3 is 2.81 bits per heavy atom. The van der Waals surface area contributed by atoms with Gasteiger partial charge >= 0.3 is 0 Å². The molecule has 1 heterocycles. The number of nitrogens with one attached hydrogen (secondary N) is 1. The van der Waals surface area contributed by atoms with Crippen LogP contribution >= 0.6 is 0 Å². The van der Waals surface area contributed by atoms with Gasteiger partial charge in [0.15, 0.2) is 6.61 Å². The Labute approximate surface area is 125 Å². The zero-order chi connectivity index (χ0) is 15.1. The number of hydrogen-bond acceptors (Lipinski definition) is 4. The summed E-state index contributed by atoms with van der Waals surface area (Å²) in [5.74, 6) is 0.971. The second kappa shape index (κ2) is 7.65. The molecule has 1 aliphatic heterocycles. The molecular formula is C16H21N3O2. The normalized spacial score (nSPS) is 15.8. The van der Waals surface area contributed by atoms with Gasteiger partial charge in [0.2, 0.25) is 5.91 Å². The second-order valence-corrected chi connectivity index (χ2v) is 5.32. The number of ether oxygens (including phenoxy) is 1. The van der Waals surface area contributed by atoms with Crippen molar-refractivity contribution in [3.05, 3.63) is 29.8 Å². The van der Waals surface area contributed by atoms with Crippen LogP contribution in [0.5, 0.6) is 5.75 Å². The van der Waals surface area contributed by atoms with E-state index in [0.29, 0.717) is 12.2 Å². The van der Waals surface area contributed by atoms with Crippen LogP contribution in [0.15, 0.2) is 24.3 Å². The molecular weight excluding hydrogens is 266 g/mol. The number of nitriles is 1. The van der Waals surface area contributed by atoms with E-state index in [1.807, 2.05) is 35.2 Å². The monoisotopic (exact) mass is 287 g/mol. The first-order valence-electron chi connectivity index (χ1n) is 7.29. The summed E-state index contributed by atoms with van der Waals surface area (Å²) in [5, 5.41) is 11.9. The van der Waals surface area contributed by atoms with Crippen molar-refractivity contribution in [2.75, 3.05) is 19.7 Å². The smallest absolute Gasteiger partial charge is 0.222 e. The number of nitrogens with zero attached hydrogens (tertiary/aromatic N) is 2. The number of amides is 1. The van der Waals surface area contributed by atoms with E-state index in [0.717, 1.165) is 31.6 Å². The van der Waals surface area contributed by atoms with Crippen LogP contribution in [0.3, 0.4) is 0 Å². The van der Waals surface area contributed by atoms with Gasteiger partial charge in [-0.25, -0.2) is 0 Å². The van der Waals surface area contributed by atoms with Crippen LogP contribution in [0.1, 0.15) is 25.3 Å². The van der Waals surface area contributed by atoms with E-state index < -0.39 is 0 Å². The van der Waals surface area contributed by atoms with Gasteiger partial charge in [-0.2, -0.15) is 5.26 Å². The van der Waals surface area contributed by atoms with Gasteiger partial charge < -0.3 is 15.0 Å². The molecule has 1 atom stereocenters. The quantitative estimate of drug-likeness (QED) is 0.829. The van der Waals surface area contributed by atoms with Gasteiger partial charge in [0.05, 0.1) is 0 Å². The van der Waals surface area contributed by atoms with E-state index in [1.54, 1.807) is 0 Å². The lowest BCUT2D eigenvalue weighted by molar-refractivity contribution is -0.127. The first kappa shape index (κ1) is 15.3. The summed E-state index contributed by atoms with van der Waals surface area (Å²) in [6, 6.07) is 9.89. The van der Waals surface area contributed by atoms with Crippen molar-refractivity contribution in [1.29, 1.82) is 5.26 Å². The van der Waals surface area contributed by atoms with Crippen molar-refractivity contribution in [3.8, 4) is 11.8 Å². The van der Waals surface area contributed by atoms with E-state index in [2.05, 4.69) is 12.2 Å². The Hall–Kier alpha value is -2.06. The highest BCUT2D eigenvalue weighted by atomic mass is 16.5. The Balaban J connectivity index is 1.74. The van der Waals surface area contributed by atoms with Crippen molar-refractivity contribution >= 4 is 5.91 Å². The van der Waals surface area contributed by atoms with Crippen LogP contribution in [-0.2, 0) is 11.3 Å². The van der Waals surface area contributed by atoms with Crippen molar-refractivity contribution in [2.24, 2.45) is 0 Å². The molecule has 2 rings (SSSR count). The largest absolute Gasteiger partial charge is 0.479 e. The molecule has 0 spiro atoms. The molecule has 0 bridgehead atoms. The molecule has 0 radical (unpaired) electrons. The van der Waals surface area contributed by atoms with Gasteiger partial charge in [0, 0.05) is 32.1 Å². The van der Waals surface area contributed by atoms with Crippen molar-refractivity contribution in [3.63, 3.8) is 0 Å². The topological polar surface area (TPSA) is 65.4 Å². The minimum absolute atomic E-state index is 0.0680. The average Bonchev–Trinajstić information content (AvgIpc) is 2.89. The lowest BCUT2D eigenvalue weighted by atomic mass is 10.2. The molecule has 5 nitrogen and oxygen atoms in total. The van der Waals surface area contributed by atoms with Gasteiger partial charge in [-0.15, -0.1) is 0 Å². The minimum Gasteiger partial charge on any atom is -0.479 e. The van der Waals surface area contributed by atoms with Crippen molar-refractivity contribution in [2.45, 2.75) is 32.4 Å². The predicted molar refractivity (Wildman–Crippen MR) is 79.7 cm³/mol. The maximum atomic E-state index is 11.6. The Morgan fingerprint density at radius 1 is 1.43 bits per heavy atom. The molecule has 1 N–H and O–H groups in total. The molecule has 21 heavy (non-hydrogen) atoms. The summed E-state index contributed by atoms with van der Waals surface area (Å²) in [4.78, 5) is 13.5. The van der Waals surface area contributed by atoms with Gasteiger partial charge in [-0.1, -0.05) is 12.1 Å². The standard InChI is InChI=1S/C16H21N3O2/c1-13(12-19-9-2-3-16(19)20)18-11-14-4-6-15(7-5-14)21-10-8-17/h4-7,13,18H,2-3,9-12H2,1H3. The molecule has 0 saturated carbocycles. The number of carbonyl (C=O) groups is 1. The molecule has 1 aliphatic rings. The third-order valence-corrected chi connectivity index (χ3v) is 3.55. The Kier molecular flexibility index (Phi) is 5.59. The highest BCUT2D eigenvalue weighted by Crippen LogP contribution is 2.13. The number of benzene rings is 1. The predicted octanol–water partition coefficient (Wildman–Crippen LogP) is 1.69. The van der Waals surface area contributed by atoms with Crippen LogP contribution in [0, 0.1) is 11.3 Å². The van der Waals surface area contributed by atoms with Crippen LogP contribution < -0.4 is 10.1 Å². The first-order chi connectivity index (χ1) is 10.2. The summed E-state index contributed by atoms with van der Waals surface area (Å²) in [5.41, 5.74) is 1.15. The van der Waals surface area contributed by atoms with Crippen LogP contribution in [0.25, 0.3) is 0 Å². The number of rotatable bonds is 7. The van der Waals surface area contributed by atoms with Crippen LogP contribution in [0.4, 0.5) is 0 Å². The van der Waals surface area contributed by atoms with E-state index >= 15 is 0 Å². The molecule has 0 aliphatic carbocycles. The molecule has 1 unspecified atom stereocenters. The molecule has 1 amide bonds. The fourth-order valence-electron chi connectivity index (χ4n) is 2.40. The first-order valence-corrected chi connectivity index (χ1v) is 7.29. The zero-order valence-corrected chi connectivity index (χ0v) is 12.3. The molecule has 1 aromatic carbocycles. The second-order valence-electron chi connectivity index (χ2n) is 5.32. The molecule has 1 saturated heterocycles. The SMILES string of the molecule is CC(CN1CCCC1=O)NCc1ccc(OCC#N)cc1. The maximum Gasteiger partial charge on any atom is 0.222 e. The van der Waals surface area contributed by atoms with Gasteiger partial charge in [-0.3, -0.25) is 4.79 Å². The van der Waals surface area contributed by atoms with Gasteiger partial charge in [0.25, 0.3) is 0 Å². The van der Waals surface area contributed by atoms with Gasteiger partial charge in [0.1, 0.15) is 11.8 Å². The van der Waals surface area contributed by atoms with E-state index in [-0.39, 0.29) is 18.6 Å². The lowest BCUT2D eigenvalue weighted by Gasteiger charge is -2.21. The van der Waals surface area contributed by atoms with E-state index in [4.69, 9.17) is 10.00 Å². The summed E-state index contributed by atoms with van der Waals surface area (Å²) in [6.45, 7) is 4.56. The minimum atomic E-state index is 0.0680. The number of carbonyl (C=O) groups excluding carboxylic acids is 1. The highest BCUT2D eigenvalue weighted by Gasteiger charge is 2.21. The summed E-state index contributed by atoms with van der Waals surface area (Å²) in [7, 11) is 0. The maximum absolute atomic E-state index is 11.6. The fraction of sp³-hybridized carbons (Fsp3) is 0.500. The van der Waals surface area contributed by atoms with Crippen molar-refractivity contribution < 1.29 is 9.53 Å². The van der Waals surface area contributed by atoms with Crippen LogP contribution in [0.2, 0.25) is 0 Å². The Morgan fingerprint density at radius 2 is 2.19 bits per heavy atom. The molecule has 1 fully saturated rings. The zero-order valence-electron chi connectivity index (χ0n) is 12.3. The summed E-state index contributed by atoms with van der Waals surface area (Å²) in [6.07, 6.45) is 1.67. The number of likely N-dealkylation sites (tertiary alicyclic amines) is 1. The summed E-state index contributed by atoms with van der Waals surface area (Å²) < 4.78 is 5.21. The molecule has 1 aromatic rings. The lowest BCUT2D eigenvalue weighted by Crippen LogP contribution is -2.39. The highest BCUT2D eigenvalue weighted by molar-refractivity contribution is 5.78.